The normalized spacial score (nSPS) is 53.0. The van der Waals surface area contributed by atoms with E-state index in [1.54, 1.807) is 167 Å². The van der Waals surface area contributed by atoms with E-state index < -0.39 is 0 Å². The molecule has 2 nitrogen and oxygen atoms in total. The van der Waals surface area contributed by atoms with E-state index in [9.17, 15) is 0 Å². The van der Waals surface area contributed by atoms with Crippen molar-refractivity contribution in [3.8, 4) is 0 Å². The van der Waals surface area contributed by atoms with Gasteiger partial charge in [0.25, 0.3) is 0 Å². The maximum absolute atomic E-state index is 6.92. The van der Waals surface area contributed by atoms with Gasteiger partial charge in [0.1, 0.15) is 0 Å². The molecule has 0 spiro atoms. The van der Waals surface area contributed by atoms with E-state index in [-0.39, 0.29) is 0 Å². The van der Waals surface area contributed by atoms with Crippen molar-refractivity contribution < 1.29 is 4.74 Å². The molecule has 0 aromatic carbocycles. The van der Waals surface area contributed by atoms with Crippen molar-refractivity contribution in [2.75, 3.05) is 0 Å². The zero-order chi connectivity index (χ0) is 38.9. The van der Waals surface area contributed by atoms with Gasteiger partial charge in [0.2, 0.25) is 0 Å². The second-order valence-electron chi connectivity index (χ2n) is 25.1. The fraction of sp³-hybridized carbons (Fsp3) is 1.00. The summed E-state index contributed by atoms with van der Waals surface area (Å²) in [5.41, 5.74) is 0. The van der Waals surface area contributed by atoms with Crippen LogP contribution in [0, 0.1) is 82.9 Å². The number of rotatable bonds is 6. The van der Waals surface area contributed by atoms with Crippen LogP contribution in [-0.4, -0.2) is 45.7 Å². The first-order valence-corrected chi connectivity index (χ1v) is 29.3. The molecule has 0 N–H and O–H groups in total. The van der Waals surface area contributed by atoms with Crippen LogP contribution in [0.1, 0.15) is 225 Å². The van der Waals surface area contributed by atoms with Gasteiger partial charge in [-0.3, -0.25) is 4.90 Å². The van der Waals surface area contributed by atoms with Gasteiger partial charge in [-0.05, 0) is 218 Å². The Morgan fingerprint density at radius 1 is 0.288 bits per heavy atom. The van der Waals surface area contributed by atoms with E-state index in [1.807, 2.05) is 0 Å². The van der Waals surface area contributed by atoms with E-state index in [4.69, 9.17) is 4.74 Å². The average molecular weight is 826 g/mol. The third kappa shape index (κ3) is 7.85. The maximum Gasteiger partial charge on any atom is 0.0621 e. The predicted molar refractivity (Wildman–Crippen MR) is 247 cm³/mol. The van der Waals surface area contributed by atoms with Gasteiger partial charge in [-0.2, -0.15) is 11.8 Å². The summed E-state index contributed by atoms with van der Waals surface area (Å²) in [6.07, 6.45) is 55.5. The van der Waals surface area contributed by atoms with Crippen LogP contribution in [0.2, 0.25) is 0 Å². The zero-order valence-electron chi connectivity index (χ0n) is 38.1. The van der Waals surface area contributed by atoms with Gasteiger partial charge < -0.3 is 4.74 Å². The SMILES string of the molecule is C1CCC(C2CCC(N(C3CCC(C4CCCC5CCCCC54)CC3)C3CCC4CCC(C5CCCC6C7CCC8OC9CCCCC9C8C7SC56)CC4C3)CC2)CC1. The highest BCUT2D eigenvalue weighted by Crippen LogP contribution is 2.64. The van der Waals surface area contributed by atoms with Crippen molar-refractivity contribution in [1.29, 1.82) is 0 Å². The van der Waals surface area contributed by atoms with Crippen LogP contribution in [0.5, 0.6) is 0 Å². The Morgan fingerprint density at radius 2 is 0.797 bits per heavy atom. The molecule has 2 heterocycles. The van der Waals surface area contributed by atoms with Crippen LogP contribution >= 0.6 is 11.8 Å². The topological polar surface area (TPSA) is 12.5 Å². The molecule has 12 rings (SSSR count). The van der Waals surface area contributed by atoms with Crippen LogP contribution in [0.4, 0.5) is 0 Å². The molecule has 16 atom stereocenters. The summed E-state index contributed by atoms with van der Waals surface area (Å²) in [6, 6.07) is 2.74. The molecule has 12 aliphatic rings. The zero-order valence-corrected chi connectivity index (χ0v) is 39.0. The van der Waals surface area contributed by atoms with E-state index in [1.165, 1.54) is 57.8 Å². The highest BCUT2D eigenvalue weighted by atomic mass is 32.2. The molecule has 10 aliphatic carbocycles. The first-order valence-electron chi connectivity index (χ1n) is 28.3. The molecule has 0 aromatic heterocycles. The lowest BCUT2D eigenvalue weighted by Crippen LogP contribution is -2.54. The molecule has 59 heavy (non-hydrogen) atoms. The van der Waals surface area contributed by atoms with Crippen LogP contribution < -0.4 is 0 Å². The van der Waals surface area contributed by atoms with Crippen molar-refractivity contribution in [1.82, 2.24) is 4.90 Å². The minimum Gasteiger partial charge on any atom is -0.374 e. The van der Waals surface area contributed by atoms with E-state index in [2.05, 4.69) is 16.7 Å². The quantitative estimate of drug-likeness (QED) is 0.265. The van der Waals surface area contributed by atoms with Crippen LogP contribution in [0.3, 0.4) is 0 Å². The summed E-state index contributed by atoms with van der Waals surface area (Å²) in [6.45, 7) is 0. The third-order valence-electron chi connectivity index (χ3n) is 22.9. The van der Waals surface area contributed by atoms with Crippen molar-refractivity contribution in [2.45, 2.75) is 266 Å². The van der Waals surface area contributed by atoms with Gasteiger partial charge in [0.15, 0.2) is 0 Å². The first kappa shape index (κ1) is 40.8. The smallest absolute Gasteiger partial charge is 0.0621 e. The summed E-state index contributed by atoms with van der Waals surface area (Å²) in [5.74, 6) is 14.7. The molecule has 16 unspecified atom stereocenters. The Bertz CT molecular complexity index is 1380. The van der Waals surface area contributed by atoms with Crippen molar-refractivity contribution in [3.63, 3.8) is 0 Å². The molecule has 2 saturated heterocycles. The lowest BCUT2D eigenvalue weighted by Gasteiger charge is -2.54. The Labute approximate surface area is 368 Å². The van der Waals surface area contributed by atoms with Gasteiger partial charge in [-0.15, -0.1) is 0 Å². The summed E-state index contributed by atoms with van der Waals surface area (Å²) in [7, 11) is 0. The monoisotopic (exact) mass is 826 g/mol. The van der Waals surface area contributed by atoms with Crippen molar-refractivity contribution >= 4 is 11.8 Å². The highest BCUT2D eigenvalue weighted by molar-refractivity contribution is 8.00. The van der Waals surface area contributed by atoms with E-state index in [0.29, 0.717) is 12.2 Å². The van der Waals surface area contributed by atoms with Gasteiger partial charge in [0, 0.05) is 34.5 Å². The van der Waals surface area contributed by atoms with Crippen LogP contribution in [-0.2, 0) is 4.74 Å². The van der Waals surface area contributed by atoms with Gasteiger partial charge >= 0.3 is 0 Å². The molecule has 0 amide bonds. The second-order valence-corrected chi connectivity index (χ2v) is 26.5. The Morgan fingerprint density at radius 3 is 1.61 bits per heavy atom. The fourth-order valence-electron chi connectivity index (χ4n) is 20.4. The number of hydrogen-bond donors (Lipinski definition) is 0. The molecule has 12 fully saturated rings. The third-order valence-corrected chi connectivity index (χ3v) is 24.9. The molecule has 0 radical (unpaired) electrons. The van der Waals surface area contributed by atoms with Crippen LogP contribution in [0.25, 0.3) is 0 Å². The molecule has 3 heteroatoms. The van der Waals surface area contributed by atoms with Crippen molar-refractivity contribution in [3.05, 3.63) is 0 Å². The lowest BCUT2D eigenvalue weighted by molar-refractivity contribution is -0.0360. The summed E-state index contributed by atoms with van der Waals surface area (Å²) in [4.78, 5) is 3.42. The van der Waals surface area contributed by atoms with Gasteiger partial charge in [-0.1, -0.05) is 83.5 Å². The fourth-order valence-corrected chi connectivity index (χ4v) is 23.0. The summed E-state index contributed by atoms with van der Waals surface area (Å²) >= 11 is 2.62. The molecule has 0 bridgehead atoms. The predicted octanol–water partition coefficient (Wildman–Crippen LogP) is 15.1. The first-order chi connectivity index (χ1) is 29.2. The second kappa shape index (κ2) is 17.9. The Kier molecular flexibility index (Phi) is 12.4. The van der Waals surface area contributed by atoms with E-state index >= 15 is 0 Å². The number of ether oxygens (including phenoxy) is 1. The molecule has 332 valence electrons. The summed E-state index contributed by atoms with van der Waals surface area (Å²) < 4.78 is 6.92. The Balaban J connectivity index is 0.733. The molecule has 0 aromatic rings. The number of nitrogens with zero attached hydrogens (tertiary/aromatic N) is 1. The standard InChI is InChI=1S/C56H91NOS/c1-2-10-36(11-3-1)37-22-27-43(28-23-37)57(44-29-25-40(26-30-44)47-16-8-13-39-12-4-5-14-46(39)47)45-31-24-38-20-21-41(34-42(38)35-45)48-17-9-18-49-50-32-33-53-54(56(50)59-55(48)49)51-15-6-7-19-52(51)58-53/h36-56H,1-35H2. The molecular formula is C56H91NOS. The van der Waals surface area contributed by atoms with Gasteiger partial charge in [-0.25, -0.2) is 0 Å². The van der Waals surface area contributed by atoms with Crippen molar-refractivity contribution in [2.24, 2.45) is 82.9 Å². The summed E-state index contributed by atoms with van der Waals surface area (Å²) in [5, 5.41) is 1.95. The van der Waals surface area contributed by atoms with Crippen LogP contribution in [0.15, 0.2) is 0 Å². The molecular weight excluding hydrogens is 735 g/mol. The average Bonchev–Trinajstić information content (AvgIpc) is 3.88. The maximum atomic E-state index is 6.92. The largest absolute Gasteiger partial charge is 0.374 e. The minimum atomic E-state index is 0.627. The lowest BCUT2D eigenvalue weighted by atomic mass is 9.59. The Hall–Kier alpha value is 0.270. The number of thioether (sulfide) groups is 1. The highest BCUT2D eigenvalue weighted by Gasteiger charge is 2.60. The van der Waals surface area contributed by atoms with E-state index in [0.717, 1.165) is 111 Å². The number of fused-ring (bicyclic) bond motifs is 9. The molecule has 2 aliphatic heterocycles. The minimum absolute atomic E-state index is 0.627. The molecule has 10 saturated carbocycles. The number of hydrogen-bond acceptors (Lipinski definition) is 3. The van der Waals surface area contributed by atoms with Gasteiger partial charge in [0.05, 0.1) is 12.2 Å².